The number of fused-ring (bicyclic) bond motifs is 2. The Labute approximate surface area is 119 Å². The van der Waals surface area contributed by atoms with Gasteiger partial charge in [-0.2, -0.15) is 0 Å². The maximum Gasteiger partial charge on any atom is 0.270 e. The third-order valence-electron chi connectivity index (χ3n) is 3.27. The molecule has 0 atom stereocenters. The zero-order chi connectivity index (χ0) is 15.0. The van der Waals surface area contributed by atoms with E-state index in [1.54, 1.807) is 24.3 Å². The summed E-state index contributed by atoms with van der Waals surface area (Å²) in [5, 5.41) is 11.6. The van der Waals surface area contributed by atoms with Crippen LogP contribution in [-0.4, -0.2) is 16.5 Å². The molecule has 0 unspecified atom stereocenters. The summed E-state index contributed by atoms with van der Waals surface area (Å²) >= 11 is 0. The smallest absolute Gasteiger partial charge is 0.270 e. The number of aromatic nitrogens is 1. The number of nitrogens with one attached hydrogen (secondary N) is 1. The van der Waals surface area contributed by atoms with Crippen LogP contribution in [0.15, 0.2) is 41.2 Å². The number of pyridine rings is 1. The van der Waals surface area contributed by atoms with Gasteiger partial charge in [0.15, 0.2) is 5.43 Å². The Bertz CT molecular complexity index is 915. The molecular formula is C15H12N2O4. The lowest BCUT2D eigenvalue weighted by molar-refractivity contribution is -0.384. The number of nitrogens with zero attached hydrogens (tertiary/aromatic N) is 1. The number of rotatable bonds is 3. The number of hydrogen-bond acceptors (Lipinski definition) is 4. The molecule has 0 aliphatic carbocycles. The average molecular weight is 284 g/mol. The van der Waals surface area contributed by atoms with Crippen LogP contribution in [-0.2, 0) is 0 Å². The minimum absolute atomic E-state index is 0.0988. The van der Waals surface area contributed by atoms with E-state index in [0.717, 1.165) is 0 Å². The summed E-state index contributed by atoms with van der Waals surface area (Å²) in [5.74, 6) is 0.668. The molecule has 0 aliphatic heterocycles. The first-order valence-electron chi connectivity index (χ1n) is 6.47. The molecule has 0 aliphatic rings. The van der Waals surface area contributed by atoms with Crippen molar-refractivity contribution in [1.29, 1.82) is 0 Å². The van der Waals surface area contributed by atoms with Crippen molar-refractivity contribution >= 4 is 27.5 Å². The van der Waals surface area contributed by atoms with Crippen LogP contribution < -0.4 is 10.2 Å². The number of aromatic amines is 1. The number of ether oxygens (including phenoxy) is 1. The molecule has 0 saturated heterocycles. The summed E-state index contributed by atoms with van der Waals surface area (Å²) in [5.41, 5.74) is 0.878. The first-order valence-corrected chi connectivity index (χ1v) is 6.47. The fourth-order valence-corrected chi connectivity index (χ4v) is 2.31. The van der Waals surface area contributed by atoms with E-state index in [1.807, 2.05) is 6.92 Å². The quantitative estimate of drug-likeness (QED) is 0.455. The molecule has 0 saturated carbocycles. The molecule has 6 nitrogen and oxygen atoms in total. The molecule has 0 amide bonds. The fourth-order valence-electron chi connectivity index (χ4n) is 2.31. The molecule has 0 radical (unpaired) electrons. The van der Waals surface area contributed by atoms with Crippen molar-refractivity contribution < 1.29 is 9.66 Å². The fraction of sp³-hybridized carbons (Fsp3) is 0.133. The van der Waals surface area contributed by atoms with Crippen LogP contribution in [0.3, 0.4) is 0 Å². The Morgan fingerprint density at radius 3 is 2.67 bits per heavy atom. The van der Waals surface area contributed by atoms with Crippen molar-refractivity contribution in [2.24, 2.45) is 0 Å². The number of H-pyrrole nitrogens is 1. The summed E-state index contributed by atoms with van der Waals surface area (Å²) in [6.45, 7) is 2.42. The minimum atomic E-state index is -0.513. The van der Waals surface area contributed by atoms with Gasteiger partial charge in [-0.05, 0) is 25.1 Å². The van der Waals surface area contributed by atoms with Crippen LogP contribution in [0.1, 0.15) is 6.92 Å². The molecular weight excluding hydrogens is 272 g/mol. The molecule has 3 aromatic rings. The lowest BCUT2D eigenvalue weighted by atomic mass is 10.1. The molecule has 2 aromatic carbocycles. The van der Waals surface area contributed by atoms with Crippen molar-refractivity contribution in [2.45, 2.75) is 6.92 Å². The van der Waals surface area contributed by atoms with Crippen molar-refractivity contribution in [2.75, 3.05) is 6.61 Å². The molecule has 0 fully saturated rings. The summed E-state index contributed by atoms with van der Waals surface area (Å²) in [6, 6.07) is 9.34. The monoisotopic (exact) mass is 284 g/mol. The first-order chi connectivity index (χ1) is 10.1. The maximum atomic E-state index is 12.4. The van der Waals surface area contributed by atoms with Gasteiger partial charge in [-0.25, -0.2) is 0 Å². The minimum Gasteiger partial charge on any atom is -0.494 e. The molecule has 0 bridgehead atoms. The average Bonchev–Trinajstić information content (AvgIpc) is 2.47. The highest BCUT2D eigenvalue weighted by Crippen LogP contribution is 2.22. The zero-order valence-electron chi connectivity index (χ0n) is 11.3. The number of nitro benzene ring substituents is 1. The van der Waals surface area contributed by atoms with Gasteiger partial charge < -0.3 is 9.72 Å². The van der Waals surface area contributed by atoms with E-state index in [0.29, 0.717) is 34.2 Å². The summed E-state index contributed by atoms with van der Waals surface area (Å²) in [4.78, 5) is 25.9. The Balaban J connectivity index is 2.32. The summed E-state index contributed by atoms with van der Waals surface area (Å²) in [7, 11) is 0. The van der Waals surface area contributed by atoms with Crippen LogP contribution in [0.5, 0.6) is 5.75 Å². The molecule has 21 heavy (non-hydrogen) atoms. The molecule has 1 aromatic heterocycles. The number of benzene rings is 2. The summed E-state index contributed by atoms with van der Waals surface area (Å²) in [6.07, 6.45) is 0. The van der Waals surface area contributed by atoms with E-state index < -0.39 is 4.92 Å². The van der Waals surface area contributed by atoms with Crippen LogP contribution in [0.2, 0.25) is 0 Å². The number of nitro groups is 1. The van der Waals surface area contributed by atoms with Crippen molar-refractivity contribution in [1.82, 2.24) is 4.98 Å². The second-order valence-electron chi connectivity index (χ2n) is 4.58. The molecule has 1 heterocycles. The number of non-ortho nitro benzene ring substituents is 1. The largest absolute Gasteiger partial charge is 0.494 e. The van der Waals surface area contributed by atoms with Gasteiger partial charge in [-0.15, -0.1) is 0 Å². The summed E-state index contributed by atoms with van der Waals surface area (Å²) < 4.78 is 5.41. The Morgan fingerprint density at radius 2 is 1.95 bits per heavy atom. The zero-order valence-corrected chi connectivity index (χ0v) is 11.3. The van der Waals surface area contributed by atoms with E-state index in [2.05, 4.69) is 4.98 Å². The van der Waals surface area contributed by atoms with Gasteiger partial charge in [0, 0.05) is 23.6 Å². The van der Waals surface area contributed by atoms with E-state index >= 15 is 0 Å². The second kappa shape index (κ2) is 4.90. The SMILES string of the molecule is CCOc1ccc2c(=O)c3cc([N+](=O)[O-])ccc3[nH]c2c1. The Hall–Kier alpha value is -2.89. The van der Waals surface area contributed by atoms with Gasteiger partial charge in [0.2, 0.25) is 0 Å². The van der Waals surface area contributed by atoms with Crippen molar-refractivity contribution in [3.63, 3.8) is 0 Å². The topological polar surface area (TPSA) is 85.2 Å². The highest BCUT2D eigenvalue weighted by molar-refractivity contribution is 5.93. The Morgan fingerprint density at radius 1 is 1.14 bits per heavy atom. The third-order valence-corrected chi connectivity index (χ3v) is 3.27. The predicted octanol–water partition coefficient (Wildman–Crippen LogP) is 2.99. The lowest BCUT2D eigenvalue weighted by Crippen LogP contribution is -2.05. The van der Waals surface area contributed by atoms with Crippen molar-refractivity contribution in [3.05, 3.63) is 56.7 Å². The van der Waals surface area contributed by atoms with E-state index in [4.69, 9.17) is 4.74 Å². The molecule has 3 rings (SSSR count). The van der Waals surface area contributed by atoms with Gasteiger partial charge in [0.25, 0.3) is 5.69 Å². The van der Waals surface area contributed by atoms with Gasteiger partial charge in [0.05, 0.1) is 27.9 Å². The van der Waals surface area contributed by atoms with E-state index in [-0.39, 0.29) is 11.1 Å². The normalized spacial score (nSPS) is 10.9. The lowest BCUT2D eigenvalue weighted by Gasteiger charge is -2.06. The predicted molar refractivity (Wildman–Crippen MR) is 79.9 cm³/mol. The highest BCUT2D eigenvalue weighted by atomic mass is 16.6. The molecule has 6 heteroatoms. The first kappa shape index (κ1) is 13.1. The van der Waals surface area contributed by atoms with Crippen LogP contribution in [0, 0.1) is 10.1 Å². The van der Waals surface area contributed by atoms with Gasteiger partial charge in [-0.3, -0.25) is 14.9 Å². The van der Waals surface area contributed by atoms with Gasteiger partial charge in [-0.1, -0.05) is 0 Å². The molecule has 106 valence electrons. The van der Waals surface area contributed by atoms with Crippen LogP contribution in [0.4, 0.5) is 5.69 Å². The molecule has 1 N–H and O–H groups in total. The van der Waals surface area contributed by atoms with Crippen molar-refractivity contribution in [3.8, 4) is 5.75 Å². The number of hydrogen-bond donors (Lipinski definition) is 1. The standard InChI is InChI=1S/C15H12N2O4/c1-2-21-10-4-5-11-14(8-10)16-13-6-3-9(17(19)20)7-12(13)15(11)18/h3-8H,2H2,1H3,(H,16,18). The second-order valence-corrected chi connectivity index (χ2v) is 4.58. The van der Waals surface area contributed by atoms with Gasteiger partial charge in [0.1, 0.15) is 5.75 Å². The van der Waals surface area contributed by atoms with E-state index in [9.17, 15) is 14.9 Å². The van der Waals surface area contributed by atoms with E-state index in [1.165, 1.54) is 12.1 Å². The van der Waals surface area contributed by atoms with Crippen LogP contribution >= 0.6 is 0 Å². The van der Waals surface area contributed by atoms with Crippen LogP contribution in [0.25, 0.3) is 21.8 Å². The third kappa shape index (κ3) is 2.20. The Kier molecular flexibility index (Phi) is 3.06. The molecule has 0 spiro atoms. The maximum absolute atomic E-state index is 12.4. The highest BCUT2D eigenvalue weighted by Gasteiger charge is 2.11. The van der Waals surface area contributed by atoms with Gasteiger partial charge >= 0.3 is 0 Å².